The summed E-state index contributed by atoms with van der Waals surface area (Å²) in [5.74, 6) is 0.0859. The second-order valence-corrected chi connectivity index (χ2v) is 12.1. The first-order valence-corrected chi connectivity index (χ1v) is 13.5. The zero-order chi connectivity index (χ0) is 23.2. The number of nitrogens with one attached hydrogen (secondary N) is 1. The van der Waals surface area contributed by atoms with Crippen LogP contribution in [0.15, 0.2) is 63.1 Å². The maximum Gasteiger partial charge on any atom is 0.273 e. The van der Waals surface area contributed by atoms with Gasteiger partial charge in [0.2, 0.25) is 0 Å². The van der Waals surface area contributed by atoms with Crippen LogP contribution in [0.4, 0.5) is 5.69 Å². The molecule has 8 nitrogen and oxygen atoms in total. The Bertz CT molecular complexity index is 1420. The van der Waals surface area contributed by atoms with Crippen molar-refractivity contribution in [1.82, 2.24) is 9.55 Å². The fraction of sp³-hybridized carbons (Fsp3) is 0.227. The maximum absolute atomic E-state index is 13.0. The number of rotatable bonds is 7. The number of aliphatic imine (C=N–C) groups is 1. The molecule has 1 aliphatic heterocycles. The van der Waals surface area contributed by atoms with Crippen LogP contribution in [-0.4, -0.2) is 52.1 Å². The number of aromatic amines is 1. The lowest BCUT2D eigenvalue weighted by Crippen LogP contribution is -2.26. The van der Waals surface area contributed by atoms with Crippen LogP contribution in [0.25, 0.3) is 10.9 Å². The average Bonchev–Trinajstić information content (AvgIpc) is 3.59. The molecule has 172 valence electrons. The highest BCUT2D eigenvalue weighted by Crippen LogP contribution is 2.34. The molecule has 1 aromatic carbocycles. The third-order valence-corrected chi connectivity index (χ3v) is 10.1. The normalized spacial score (nSPS) is 16.4. The molecule has 0 radical (unpaired) electrons. The first-order chi connectivity index (χ1) is 15.8. The molecule has 0 fully saturated rings. The highest BCUT2D eigenvalue weighted by molar-refractivity contribution is 8.15. The van der Waals surface area contributed by atoms with E-state index in [9.17, 15) is 18.6 Å². The van der Waals surface area contributed by atoms with Gasteiger partial charge in [0.15, 0.2) is 11.8 Å². The van der Waals surface area contributed by atoms with Crippen LogP contribution in [0.5, 0.6) is 11.8 Å². The van der Waals surface area contributed by atoms with Gasteiger partial charge in [-0.05, 0) is 30.0 Å². The van der Waals surface area contributed by atoms with Crippen LogP contribution in [-0.2, 0) is 16.6 Å². The number of thioether (sulfide) groups is 1. The van der Waals surface area contributed by atoms with E-state index in [0.29, 0.717) is 23.0 Å². The summed E-state index contributed by atoms with van der Waals surface area (Å²) in [6, 6.07) is 13.8. The summed E-state index contributed by atoms with van der Waals surface area (Å²) < 4.78 is 29.1. The van der Waals surface area contributed by atoms with Gasteiger partial charge in [-0.3, -0.25) is 13.9 Å². The van der Waals surface area contributed by atoms with Crippen molar-refractivity contribution >= 4 is 54.8 Å². The molecule has 1 atom stereocenters. The number of hydrogen-bond donors (Lipinski definition) is 3. The molecule has 0 aliphatic carbocycles. The van der Waals surface area contributed by atoms with Gasteiger partial charge < -0.3 is 15.2 Å². The fourth-order valence-corrected chi connectivity index (χ4v) is 7.30. The lowest BCUT2D eigenvalue weighted by Gasteiger charge is -2.19. The van der Waals surface area contributed by atoms with Crippen molar-refractivity contribution < 1.29 is 18.6 Å². The quantitative estimate of drug-likeness (QED) is 0.350. The van der Waals surface area contributed by atoms with Crippen LogP contribution in [0, 0.1) is 0 Å². The smallest absolute Gasteiger partial charge is 0.273 e. The summed E-state index contributed by atoms with van der Waals surface area (Å²) in [4.78, 5) is 8.05. The third kappa shape index (κ3) is 4.00. The first kappa shape index (κ1) is 21.9. The highest BCUT2D eigenvalue weighted by atomic mass is 32.2. The van der Waals surface area contributed by atoms with Gasteiger partial charge in [-0.25, -0.2) is 8.42 Å². The lowest BCUT2D eigenvalue weighted by molar-refractivity contribution is 0.364. The Morgan fingerprint density at radius 1 is 1.18 bits per heavy atom. The summed E-state index contributed by atoms with van der Waals surface area (Å²) in [6.45, 7) is 1.13. The number of aromatic hydroxyl groups is 2. The van der Waals surface area contributed by atoms with E-state index in [1.807, 2.05) is 18.2 Å². The minimum Gasteiger partial charge on any atom is -0.494 e. The van der Waals surface area contributed by atoms with Crippen molar-refractivity contribution in [2.45, 2.75) is 22.4 Å². The lowest BCUT2D eigenvalue weighted by atomic mass is 10.2. The average molecular weight is 503 g/mol. The second kappa shape index (κ2) is 8.47. The van der Waals surface area contributed by atoms with Crippen molar-refractivity contribution in [1.29, 1.82) is 0 Å². The zero-order valence-corrected chi connectivity index (χ0v) is 20.1. The van der Waals surface area contributed by atoms with Crippen molar-refractivity contribution in [2.75, 3.05) is 17.9 Å². The first-order valence-electron chi connectivity index (χ1n) is 10.3. The van der Waals surface area contributed by atoms with Gasteiger partial charge >= 0.3 is 0 Å². The Hall–Kier alpha value is -2.89. The Balaban J connectivity index is 1.35. The molecule has 0 spiro atoms. The molecular weight excluding hydrogens is 480 g/mol. The van der Waals surface area contributed by atoms with E-state index in [2.05, 4.69) is 9.98 Å². The molecule has 1 unspecified atom stereocenters. The highest BCUT2D eigenvalue weighted by Gasteiger charge is 2.26. The Labute approximate surface area is 199 Å². The summed E-state index contributed by atoms with van der Waals surface area (Å²) in [6.07, 6.45) is 0.737. The number of para-hydroxylation sites is 1. The van der Waals surface area contributed by atoms with Crippen molar-refractivity contribution in [3.05, 3.63) is 59.6 Å². The van der Waals surface area contributed by atoms with E-state index in [1.54, 1.807) is 42.4 Å². The molecule has 0 amide bonds. The van der Waals surface area contributed by atoms with E-state index < -0.39 is 10.0 Å². The number of fused-ring (bicyclic) bond motifs is 1. The summed E-state index contributed by atoms with van der Waals surface area (Å²) in [5, 5.41) is 23.4. The zero-order valence-electron chi connectivity index (χ0n) is 17.7. The van der Waals surface area contributed by atoms with Gasteiger partial charge in [0.25, 0.3) is 10.0 Å². The number of hydrogen-bond acceptors (Lipinski definition) is 7. The number of aromatic nitrogens is 2. The predicted molar refractivity (Wildman–Crippen MR) is 133 cm³/mol. The summed E-state index contributed by atoms with van der Waals surface area (Å²) in [5.41, 5.74) is 2.16. The molecular formula is C22H22N4O4S3. The SMILES string of the molecule is CN(c1cccc2cc(C3=NCC(CCn4c(O)ccc4O)S3)[nH]c12)S(=O)(=O)c1cccs1. The largest absolute Gasteiger partial charge is 0.494 e. The van der Waals surface area contributed by atoms with Crippen molar-refractivity contribution in [3.8, 4) is 11.8 Å². The monoisotopic (exact) mass is 502 g/mol. The number of sulfonamides is 1. The molecule has 0 saturated carbocycles. The van der Waals surface area contributed by atoms with E-state index in [1.165, 1.54) is 32.3 Å². The maximum atomic E-state index is 13.0. The van der Waals surface area contributed by atoms with Gasteiger partial charge in [0, 0.05) is 36.4 Å². The van der Waals surface area contributed by atoms with E-state index in [0.717, 1.165) is 28.1 Å². The van der Waals surface area contributed by atoms with Crippen LogP contribution in [0.3, 0.4) is 0 Å². The number of nitrogens with zero attached hydrogens (tertiary/aromatic N) is 3. The van der Waals surface area contributed by atoms with Gasteiger partial charge in [0.1, 0.15) is 9.25 Å². The summed E-state index contributed by atoms with van der Waals surface area (Å²) >= 11 is 2.84. The minimum atomic E-state index is -3.64. The van der Waals surface area contributed by atoms with Crippen LogP contribution >= 0.6 is 23.1 Å². The molecule has 33 heavy (non-hydrogen) atoms. The summed E-state index contributed by atoms with van der Waals surface area (Å²) in [7, 11) is -2.08. The van der Waals surface area contributed by atoms with E-state index in [4.69, 9.17) is 0 Å². The Morgan fingerprint density at radius 3 is 2.70 bits per heavy atom. The molecule has 0 bridgehead atoms. The van der Waals surface area contributed by atoms with Crippen LogP contribution in [0.2, 0.25) is 0 Å². The number of thiophene rings is 1. The van der Waals surface area contributed by atoms with E-state index >= 15 is 0 Å². The standard InChI is InChI=1S/C22H22N4O4S3/c1-25(33(29,30)20-6-3-11-31-20)17-5-2-4-14-12-16(24-21(14)17)22-23-13-15(32-22)9-10-26-18(27)7-8-19(26)28/h2-8,11-12,15,24,27-28H,9-10,13H2,1H3. The number of anilines is 1. The van der Waals surface area contributed by atoms with Crippen molar-refractivity contribution in [2.24, 2.45) is 4.99 Å². The molecule has 11 heteroatoms. The van der Waals surface area contributed by atoms with E-state index in [-0.39, 0.29) is 17.0 Å². The van der Waals surface area contributed by atoms with Crippen LogP contribution < -0.4 is 4.31 Å². The molecule has 5 rings (SSSR count). The number of benzene rings is 1. The van der Waals surface area contributed by atoms with Gasteiger partial charge in [-0.15, -0.1) is 11.3 Å². The molecule has 0 saturated heterocycles. The van der Waals surface area contributed by atoms with Gasteiger partial charge in [0.05, 0.1) is 23.4 Å². The van der Waals surface area contributed by atoms with Gasteiger partial charge in [-0.1, -0.05) is 30.0 Å². The van der Waals surface area contributed by atoms with Gasteiger partial charge in [-0.2, -0.15) is 0 Å². The molecule has 3 aromatic heterocycles. The van der Waals surface area contributed by atoms with Crippen LogP contribution in [0.1, 0.15) is 12.1 Å². The molecule has 3 N–H and O–H groups in total. The predicted octanol–water partition coefficient (Wildman–Crippen LogP) is 4.22. The number of H-pyrrole nitrogens is 1. The topological polar surface area (TPSA) is 111 Å². The molecule has 4 aromatic rings. The van der Waals surface area contributed by atoms with Crippen molar-refractivity contribution in [3.63, 3.8) is 0 Å². The fourth-order valence-electron chi connectivity index (χ4n) is 3.86. The molecule has 4 heterocycles. The minimum absolute atomic E-state index is 0.0430. The second-order valence-electron chi connectivity index (χ2n) is 7.70. The molecule has 1 aliphatic rings. The Morgan fingerprint density at radius 2 is 1.97 bits per heavy atom. The Kier molecular flexibility index (Phi) is 5.63. The third-order valence-electron chi connectivity index (χ3n) is 5.64.